The van der Waals surface area contributed by atoms with Gasteiger partial charge in [0, 0.05) is 17.5 Å². The van der Waals surface area contributed by atoms with Crippen LogP contribution in [0.2, 0.25) is 0 Å². The molecule has 1 aromatic rings. The normalized spacial score (nSPS) is 17.8. The molecule has 0 amide bonds. The second-order valence-electron chi connectivity index (χ2n) is 4.80. The number of hydrogen-bond acceptors (Lipinski definition) is 4. The second-order valence-corrected chi connectivity index (χ2v) is 7.62. The summed E-state index contributed by atoms with van der Waals surface area (Å²) in [5.74, 6) is 0.770. The maximum absolute atomic E-state index is 10.9. The lowest BCUT2D eigenvalue weighted by Crippen LogP contribution is -2.28. The predicted octanol–water partition coefficient (Wildman–Crippen LogP) is 1.73. The Hall–Kier alpha value is -0.430. The Balaban J connectivity index is 1.71. The standard InChI is InChI=1S/C12H20N2O2S2/c1-18(15,16)14-8-3-7-13-12(10-5-6-10)11-4-2-9-17-11/h2,4,9-10,12-14H,3,5-8H2,1H3. The molecule has 0 aromatic carbocycles. The van der Waals surface area contributed by atoms with E-state index in [0.717, 1.165) is 18.9 Å². The van der Waals surface area contributed by atoms with Crippen LogP contribution in [0.1, 0.15) is 30.2 Å². The number of nitrogens with one attached hydrogen (secondary N) is 2. The molecular formula is C12H20N2O2S2. The van der Waals surface area contributed by atoms with E-state index in [-0.39, 0.29) is 0 Å². The van der Waals surface area contributed by atoms with Crippen molar-refractivity contribution in [3.8, 4) is 0 Å². The lowest BCUT2D eigenvalue weighted by Gasteiger charge is -2.16. The molecule has 4 nitrogen and oxygen atoms in total. The average molecular weight is 288 g/mol. The molecular weight excluding hydrogens is 268 g/mol. The summed E-state index contributed by atoms with van der Waals surface area (Å²) >= 11 is 1.79. The van der Waals surface area contributed by atoms with Crippen LogP contribution in [-0.2, 0) is 10.0 Å². The van der Waals surface area contributed by atoms with Crippen molar-refractivity contribution < 1.29 is 8.42 Å². The summed E-state index contributed by atoms with van der Waals surface area (Å²) < 4.78 is 24.3. The molecule has 0 radical (unpaired) electrons. The highest BCUT2D eigenvalue weighted by Gasteiger charge is 2.32. The molecule has 1 saturated carbocycles. The van der Waals surface area contributed by atoms with E-state index in [1.54, 1.807) is 11.3 Å². The summed E-state index contributed by atoms with van der Waals surface area (Å²) in [5.41, 5.74) is 0. The van der Waals surface area contributed by atoms with Crippen molar-refractivity contribution in [1.82, 2.24) is 10.0 Å². The highest BCUT2D eigenvalue weighted by molar-refractivity contribution is 7.88. The van der Waals surface area contributed by atoms with Crippen LogP contribution in [0.15, 0.2) is 17.5 Å². The number of hydrogen-bond donors (Lipinski definition) is 2. The van der Waals surface area contributed by atoms with Crippen LogP contribution < -0.4 is 10.0 Å². The van der Waals surface area contributed by atoms with Crippen molar-refractivity contribution in [2.75, 3.05) is 19.3 Å². The summed E-state index contributed by atoms with van der Waals surface area (Å²) in [7, 11) is -3.05. The molecule has 2 N–H and O–H groups in total. The fraction of sp³-hybridized carbons (Fsp3) is 0.667. The molecule has 1 aliphatic rings. The van der Waals surface area contributed by atoms with Crippen LogP contribution in [-0.4, -0.2) is 27.8 Å². The van der Waals surface area contributed by atoms with E-state index < -0.39 is 10.0 Å². The molecule has 1 fully saturated rings. The lowest BCUT2D eigenvalue weighted by atomic mass is 10.1. The van der Waals surface area contributed by atoms with Gasteiger partial charge in [-0.1, -0.05) is 6.07 Å². The van der Waals surface area contributed by atoms with Gasteiger partial charge in [-0.3, -0.25) is 0 Å². The minimum Gasteiger partial charge on any atom is -0.309 e. The first-order chi connectivity index (χ1) is 8.56. The maximum Gasteiger partial charge on any atom is 0.208 e. The summed E-state index contributed by atoms with van der Waals surface area (Å²) in [5, 5.41) is 5.65. The van der Waals surface area contributed by atoms with Crippen molar-refractivity contribution in [3.05, 3.63) is 22.4 Å². The van der Waals surface area contributed by atoms with Gasteiger partial charge in [0.25, 0.3) is 0 Å². The second kappa shape index (κ2) is 6.14. The van der Waals surface area contributed by atoms with Crippen molar-refractivity contribution in [3.63, 3.8) is 0 Å². The van der Waals surface area contributed by atoms with Gasteiger partial charge >= 0.3 is 0 Å². The molecule has 0 saturated heterocycles. The van der Waals surface area contributed by atoms with Gasteiger partial charge in [0.1, 0.15) is 0 Å². The Morgan fingerprint density at radius 1 is 1.44 bits per heavy atom. The van der Waals surface area contributed by atoms with Crippen LogP contribution in [0, 0.1) is 5.92 Å². The Bertz CT molecular complexity index is 452. The van der Waals surface area contributed by atoms with Crippen LogP contribution in [0.3, 0.4) is 0 Å². The van der Waals surface area contributed by atoms with E-state index in [1.807, 2.05) is 0 Å². The molecule has 0 aliphatic heterocycles. The van der Waals surface area contributed by atoms with E-state index in [0.29, 0.717) is 12.6 Å². The van der Waals surface area contributed by atoms with Gasteiger partial charge in [-0.25, -0.2) is 13.1 Å². The van der Waals surface area contributed by atoms with Gasteiger partial charge in [0.15, 0.2) is 0 Å². The third-order valence-electron chi connectivity index (χ3n) is 3.03. The quantitative estimate of drug-likeness (QED) is 0.716. The highest BCUT2D eigenvalue weighted by Crippen LogP contribution is 2.42. The van der Waals surface area contributed by atoms with Crippen LogP contribution in [0.25, 0.3) is 0 Å². The monoisotopic (exact) mass is 288 g/mol. The zero-order chi connectivity index (χ0) is 13.0. The maximum atomic E-state index is 10.9. The Kier molecular flexibility index (Phi) is 4.77. The van der Waals surface area contributed by atoms with E-state index in [4.69, 9.17) is 0 Å². The highest BCUT2D eigenvalue weighted by atomic mass is 32.2. The summed E-state index contributed by atoms with van der Waals surface area (Å²) in [6.45, 7) is 1.36. The van der Waals surface area contributed by atoms with Gasteiger partial charge in [-0.15, -0.1) is 11.3 Å². The Morgan fingerprint density at radius 2 is 2.22 bits per heavy atom. The number of sulfonamides is 1. The molecule has 0 bridgehead atoms. The minimum absolute atomic E-state index is 0.461. The molecule has 1 atom stereocenters. The number of thiophene rings is 1. The molecule has 2 rings (SSSR count). The number of rotatable bonds is 8. The zero-order valence-electron chi connectivity index (χ0n) is 10.6. The van der Waals surface area contributed by atoms with Crippen LogP contribution in [0.5, 0.6) is 0 Å². The van der Waals surface area contributed by atoms with E-state index >= 15 is 0 Å². The van der Waals surface area contributed by atoms with E-state index in [9.17, 15) is 8.42 Å². The first-order valence-electron chi connectivity index (χ1n) is 6.28. The Morgan fingerprint density at radius 3 is 2.78 bits per heavy atom. The smallest absolute Gasteiger partial charge is 0.208 e. The van der Waals surface area contributed by atoms with Gasteiger partial charge < -0.3 is 5.32 Å². The van der Waals surface area contributed by atoms with Gasteiger partial charge in [0.2, 0.25) is 10.0 Å². The van der Waals surface area contributed by atoms with Crippen molar-refractivity contribution in [2.45, 2.75) is 25.3 Å². The minimum atomic E-state index is -3.05. The molecule has 1 heterocycles. The molecule has 1 aliphatic carbocycles. The molecule has 6 heteroatoms. The predicted molar refractivity (Wildman–Crippen MR) is 75.3 cm³/mol. The van der Waals surface area contributed by atoms with E-state index in [1.165, 1.54) is 24.0 Å². The third kappa shape index (κ3) is 4.68. The van der Waals surface area contributed by atoms with Crippen LogP contribution in [0.4, 0.5) is 0 Å². The summed E-state index contributed by atoms with van der Waals surface area (Å²) in [4.78, 5) is 1.40. The van der Waals surface area contributed by atoms with E-state index in [2.05, 4.69) is 27.6 Å². The zero-order valence-corrected chi connectivity index (χ0v) is 12.2. The van der Waals surface area contributed by atoms with Gasteiger partial charge in [-0.2, -0.15) is 0 Å². The van der Waals surface area contributed by atoms with Crippen LogP contribution >= 0.6 is 11.3 Å². The summed E-state index contributed by atoms with van der Waals surface area (Å²) in [6.07, 6.45) is 4.62. The van der Waals surface area contributed by atoms with Crippen molar-refractivity contribution >= 4 is 21.4 Å². The lowest BCUT2D eigenvalue weighted by molar-refractivity contribution is 0.480. The summed E-state index contributed by atoms with van der Waals surface area (Å²) in [6, 6.07) is 4.72. The van der Waals surface area contributed by atoms with Gasteiger partial charge in [0.05, 0.1) is 6.26 Å². The van der Waals surface area contributed by atoms with Crippen molar-refractivity contribution in [2.24, 2.45) is 5.92 Å². The van der Waals surface area contributed by atoms with Crippen molar-refractivity contribution in [1.29, 1.82) is 0 Å². The average Bonchev–Trinajstić information content (AvgIpc) is 2.97. The molecule has 18 heavy (non-hydrogen) atoms. The topological polar surface area (TPSA) is 58.2 Å². The first kappa shape index (κ1) is 14.0. The third-order valence-corrected chi connectivity index (χ3v) is 4.71. The first-order valence-corrected chi connectivity index (χ1v) is 9.05. The molecule has 102 valence electrons. The molecule has 1 aromatic heterocycles. The SMILES string of the molecule is CS(=O)(=O)NCCCNC(c1cccs1)C1CC1. The molecule has 0 spiro atoms. The largest absolute Gasteiger partial charge is 0.309 e. The van der Waals surface area contributed by atoms with Gasteiger partial charge in [-0.05, 0) is 43.2 Å². The Labute approximate surface area is 113 Å². The molecule has 1 unspecified atom stereocenters. The fourth-order valence-electron chi connectivity index (χ4n) is 2.00. The fourth-order valence-corrected chi connectivity index (χ4v) is 3.41.